The number of piperidine rings is 1. The van der Waals surface area contributed by atoms with Crippen LogP contribution in [0.25, 0.3) is 11.0 Å². The van der Waals surface area contributed by atoms with Crippen molar-refractivity contribution in [2.45, 2.75) is 32.9 Å². The number of fused-ring (bicyclic) bond motifs is 1. The van der Waals surface area contributed by atoms with Gasteiger partial charge in [-0.1, -0.05) is 12.1 Å². The number of rotatable bonds is 5. The molecule has 2 N–H and O–H groups in total. The molecule has 3 aromatic rings. The van der Waals surface area contributed by atoms with Crippen molar-refractivity contribution >= 4 is 16.9 Å². The zero-order valence-electron chi connectivity index (χ0n) is 16.3. The lowest BCUT2D eigenvalue weighted by Gasteiger charge is -2.30. The van der Waals surface area contributed by atoms with Crippen molar-refractivity contribution in [1.82, 2.24) is 20.2 Å². The quantitative estimate of drug-likeness (QED) is 0.689. The molecule has 1 aliphatic heterocycles. The van der Waals surface area contributed by atoms with E-state index in [4.69, 9.17) is 0 Å². The number of carbonyl (C=O) groups is 1. The number of nitrogens with zero attached hydrogens (tertiary/aromatic N) is 2. The molecule has 1 saturated heterocycles. The van der Waals surface area contributed by atoms with Crippen molar-refractivity contribution in [3.8, 4) is 0 Å². The van der Waals surface area contributed by atoms with E-state index in [1.165, 1.54) is 17.7 Å². The van der Waals surface area contributed by atoms with Crippen LogP contribution < -0.4 is 5.32 Å². The van der Waals surface area contributed by atoms with E-state index in [1.807, 2.05) is 6.07 Å². The zero-order chi connectivity index (χ0) is 20.4. The van der Waals surface area contributed by atoms with Gasteiger partial charge in [-0.25, -0.2) is 13.8 Å². The summed E-state index contributed by atoms with van der Waals surface area (Å²) in [6.45, 7) is 4.46. The number of aromatic nitrogens is 2. The van der Waals surface area contributed by atoms with Gasteiger partial charge in [0.15, 0.2) is 0 Å². The standard InChI is InChI=1S/C22H24F2N4O/c1-14-2-5-19-20(10-14)27-21(26-19)13-28-8-6-15(7-9-28)22(29)25-12-16-3-4-17(23)11-18(16)24/h2-5,10-11,15H,6-9,12-13H2,1H3,(H,25,29)(H,26,27). The van der Waals surface area contributed by atoms with E-state index in [0.717, 1.165) is 55.4 Å². The predicted octanol–water partition coefficient (Wildman–Crippen LogP) is 3.68. The molecule has 7 heteroatoms. The van der Waals surface area contributed by atoms with Crippen molar-refractivity contribution < 1.29 is 13.6 Å². The van der Waals surface area contributed by atoms with E-state index in [1.54, 1.807) is 0 Å². The summed E-state index contributed by atoms with van der Waals surface area (Å²) in [6, 6.07) is 9.55. The molecule has 1 fully saturated rings. The normalized spacial score (nSPS) is 15.7. The first kappa shape index (κ1) is 19.5. The third-order valence-electron chi connectivity index (χ3n) is 5.49. The fraction of sp³-hybridized carbons (Fsp3) is 0.364. The summed E-state index contributed by atoms with van der Waals surface area (Å²) in [4.78, 5) is 22.7. The Morgan fingerprint density at radius 3 is 2.76 bits per heavy atom. The van der Waals surface area contributed by atoms with Gasteiger partial charge in [0.05, 0.1) is 17.6 Å². The van der Waals surface area contributed by atoms with Crippen molar-refractivity contribution in [3.63, 3.8) is 0 Å². The first-order valence-corrected chi connectivity index (χ1v) is 9.87. The van der Waals surface area contributed by atoms with Crippen molar-refractivity contribution in [2.24, 2.45) is 5.92 Å². The van der Waals surface area contributed by atoms with Crippen LogP contribution in [0.15, 0.2) is 36.4 Å². The van der Waals surface area contributed by atoms with Crippen molar-refractivity contribution in [1.29, 1.82) is 0 Å². The molecule has 4 rings (SSSR count). The fourth-order valence-electron chi connectivity index (χ4n) is 3.81. The second-order valence-corrected chi connectivity index (χ2v) is 7.71. The first-order chi connectivity index (χ1) is 14.0. The molecule has 0 spiro atoms. The fourth-order valence-corrected chi connectivity index (χ4v) is 3.81. The SMILES string of the molecule is Cc1ccc2nc(CN3CCC(C(=O)NCc4ccc(F)cc4F)CC3)[nH]c2c1. The smallest absolute Gasteiger partial charge is 0.223 e. The van der Waals surface area contributed by atoms with Crippen LogP contribution in [0.1, 0.15) is 29.8 Å². The maximum absolute atomic E-state index is 13.7. The Morgan fingerprint density at radius 2 is 2.00 bits per heavy atom. The summed E-state index contributed by atoms with van der Waals surface area (Å²) in [5.41, 5.74) is 3.49. The van der Waals surface area contributed by atoms with Gasteiger partial charge in [-0.2, -0.15) is 0 Å². The molecule has 0 saturated carbocycles. The number of nitrogens with one attached hydrogen (secondary N) is 2. The van der Waals surface area contributed by atoms with Crippen molar-refractivity contribution in [2.75, 3.05) is 13.1 Å². The minimum absolute atomic E-state index is 0.0730. The van der Waals surface area contributed by atoms with Crippen LogP contribution in [0.4, 0.5) is 8.78 Å². The number of imidazole rings is 1. The summed E-state index contributed by atoms with van der Waals surface area (Å²) < 4.78 is 26.7. The zero-order valence-corrected chi connectivity index (χ0v) is 16.3. The monoisotopic (exact) mass is 398 g/mol. The molecular weight excluding hydrogens is 374 g/mol. The molecule has 1 aliphatic rings. The van der Waals surface area contributed by atoms with Gasteiger partial charge < -0.3 is 10.3 Å². The largest absolute Gasteiger partial charge is 0.352 e. The predicted molar refractivity (Wildman–Crippen MR) is 107 cm³/mol. The van der Waals surface area contributed by atoms with E-state index in [0.29, 0.717) is 0 Å². The molecule has 152 valence electrons. The number of carbonyl (C=O) groups excluding carboxylic acids is 1. The van der Waals surface area contributed by atoms with Gasteiger partial charge in [-0.3, -0.25) is 9.69 Å². The van der Waals surface area contributed by atoms with E-state index in [-0.39, 0.29) is 23.9 Å². The van der Waals surface area contributed by atoms with Crippen LogP contribution in [0, 0.1) is 24.5 Å². The molecule has 2 aromatic carbocycles. The summed E-state index contributed by atoms with van der Waals surface area (Å²) in [7, 11) is 0. The average molecular weight is 398 g/mol. The maximum atomic E-state index is 13.7. The van der Waals surface area contributed by atoms with Gasteiger partial charge >= 0.3 is 0 Å². The van der Waals surface area contributed by atoms with Gasteiger partial charge in [-0.05, 0) is 56.6 Å². The molecule has 29 heavy (non-hydrogen) atoms. The number of hydrogen-bond donors (Lipinski definition) is 2. The van der Waals surface area contributed by atoms with Gasteiger partial charge in [0.2, 0.25) is 5.91 Å². The summed E-state index contributed by atoms with van der Waals surface area (Å²) in [6.07, 6.45) is 1.49. The number of aryl methyl sites for hydroxylation is 1. The number of H-pyrrole nitrogens is 1. The highest BCUT2D eigenvalue weighted by atomic mass is 19.1. The Balaban J connectivity index is 1.27. The third kappa shape index (κ3) is 4.62. The minimum atomic E-state index is -0.638. The van der Waals surface area contributed by atoms with Crippen LogP contribution >= 0.6 is 0 Å². The first-order valence-electron chi connectivity index (χ1n) is 9.87. The molecule has 1 aromatic heterocycles. The van der Waals surface area contributed by atoms with E-state index >= 15 is 0 Å². The molecule has 0 radical (unpaired) electrons. The molecule has 1 amide bonds. The highest BCUT2D eigenvalue weighted by molar-refractivity contribution is 5.78. The highest BCUT2D eigenvalue weighted by Gasteiger charge is 2.25. The van der Waals surface area contributed by atoms with E-state index in [9.17, 15) is 13.6 Å². The molecule has 0 bridgehead atoms. The molecular formula is C22H24F2N4O. The number of aromatic amines is 1. The topological polar surface area (TPSA) is 61.0 Å². The Bertz CT molecular complexity index is 1020. The molecule has 2 heterocycles. The molecule has 5 nitrogen and oxygen atoms in total. The number of benzene rings is 2. The van der Waals surface area contributed by atoms with E-state index < -0.39 is 11.6 Å². The number of halogens is 2. The third-order valence-corrected chi connectivity index (χ3v) is 5.49. The van der Waals surface area contributed by atoms with Crippen LogP contribution in [0.2, 0.25) is 0 Å². The van der Waals surface area contributed by atoms with Gasteiger partial charge in [-0.15, -0.1) is 0 Å². The number of amides is 1. The maximum Gasteiger partial charge on any atom is 0.223 e. The Morgan fingerprint density at radius 1 is 1.21 bits per heavy atom. The second-order valence-electron chi connectivity index (χ2n) is 7.71. The van der Waals surface area contributed by atoms with Crippen LogP contribution in [0.3, 0.4) is 0 Å². The number of likely N-dealkylation sites (tertiary alicyclic amines) is 1. The average Bonchev–Trinajstić information content (AvgIpc) is 3.09. The lowest BCUT2D eigenvalue weighted by Crippen LogP contribution is -2.40. The van der Waals surface area contributed by atoms with Gasteiger partial charge in [0.1, 0.15) is 17.5 Å². The van der Waals surface area contributed by atoms with E-state index in [2.05, 4.69) is 39.2 Å². The minimum Gasteiger partial charge on any atom is -0.352 e. The number of hydrogen-bond acceptors (Lipinski definition) is 3. The summed E-state index contributed by atoms with van der Waals surface area (Å²) >= 11 is 0. The molecule has 0 atom stereocenters. The second kappa shape index (κ2) is 8.29. The molecule has 0 aliphatic carbocycles. The summed E-state index contributed by atoms with van der Waals surface area (Å²) in [5.74, 6) is -0.494. The van der Waals surface area contributed by atoms with Gasteiger partial charge in [0.25, 0.3) is 0 Å². The summed E-state index contributed by atoms with van der Waals surface area (Å²) in [5, 5.41) is 2.78. The lowest BCUT2D eigenvalue weighted by molar-refractivity contribution is -0.126. The van der Waals surface area contributed by atoms with Crippen LogP contribution in [-0.4, -0.2) is 33.9 Å². The van der Waals surface area contributed by atoms with Crippen LogP contribution in [-0.2, 0) is 17.9 Å². The van der Waals surface area contributed by atoms with Crippen LogP contribution in [0.5, 0.6) is 0 Å². The highest BCUT2D eigenvalue weighted by Crippen LogP contribution is 2.20. The van der Waals surface area contributed by atoms with Crippen molar-refractivity contribution in [3.05, 3.63) is 65.0 Å². The molecule has 0 unspecified atom stereocenters. The lowest BCUT2D eigenvalue weighted by atomic mass is 9.96. The Kier molecular flexibility index (Phi) is 5.58. The Hall–Kier alpha value is -2.80. The Labute approximate surface area is 168 Å². The van der Waals surface area contributed by atoms with Gasteiger partial charge in [0, 0.05) is 24.1 Å².